The predicted octanol–water partition coefficient (Wildman–Crippen LogP) is 2.00. The number of nitrogen functional groups attached to an aromatic ring is 1. The van der Waals surface area contributed by atoms with Gasteiger partial charge in [0.1, 0.15) is 0 Å². The monoisotopic (exact) mass is 210 g/mol. The fourth-order valence-corrected chi connectivity index (χ4v) is 1.74. The van der Waals surface area contributed by atoms with Crippen molar-refractivity contribution in [2.75, 3.05) is 5.73 Å². The van der Waals surface area contributed by atoms with Gasteiger partial charge in [0, 0.05) is 11.6 Å². The smallest absolute Gasteiger partial charge is 0.161 e. The summed E-state index contributed by atoms with van der Waals surface area (Å²) in [7, 11) is 0. The third-order valence-electron chi connectivity index (χ3n) is 2.47. The summed E-state index contributed by atoms with van der Waals surface area (Å²) in [6.45, 7) is 0. The summed E-state index contributed by atoms with van der Waals surface area (Å²) in [6.07, 6.45) is 5.15. The van der Waals surface area contributed by atoms with E-state index in [0.29, 0.717) is 5.69 Å². The van der Waals surface area contributed by atoms with E-state index in [2.05, 4.69) is 10.1 Å². The van der Waals surface area contributed by atoms with E-state index in [1.54, 1.807) is 23.3 Å². The van der Waals surface area contributed by atoms with Crippen molar-refractivity contribution < 1.29 is 0 Å². The fraction of sp³-hybridized carbons (Fsp3) is 0. The number of hydrogen-bond donors (Lipinski definition) is 1. The number of rotatable bonds is 1. The van der Waals surface area contributed by atoms with Crippen molar-refractivity contribution in [3.05, 3.63) is 48.9 Å². The molecule has 78 valence electrons. The molecule has 0 saturated carbocycles. The molecular weight excluding hydrogens is 200 g/mol. The zero-order valence-corrected chi connectivity index (χ0v) is 8.54. The van der Waals surface area contributed by atoms with Crippen LogP contribution in [0.5, 0.6) is 0 Å². The van der Waals surface area contributed by atoms with Crippen molar-refractivity contribution >= 4 is 16.5 Å². The van der Waals surface area contributed by atoms with E-state index in [1.165, 1.54) is 0 Å². The van der Waals surface area contributed by atoms with Crippen LogP contribution < -0.4 is 5.73 Å². The number of pyridine rings is 1. The lowest BCUT2D eigenvalue weighted by Gasteiger charge is -2.04. The molecule has 2 aromatic heterocycles. The summed E-state index contributed by atoms with van der Waals surface area (Å²) < 4.78 is 1.69. The van der Waals surface area contributed by atoms with Gasteiger partial charge in [-0.3, -0.25) is 0 Å². The van der Waals surface area contributed by atoms with E-state index in [0.717, 1.165) is 16.6 Å². The van der Waals surface area contributed by atoms with E-state index in [9.17, 15) is 0 Å². The number of nitrogens with zero attached hydrogens (tertiary/aromatic N) is 3. The van der Waals surface area contributed by atoms with Crippen LogP contribution in [0.4, 0.5) is 5.69 Å². The first-order chi connectivity index (χ1) is 7.84. The van der Waals surface area contributed by atoms with Crippen LogP contribution in [0.1, 0.15) is 0 Å². The average Bonchev–Trinajstić information content (AvgIpc) is 2.75. The summed E-state index contributed by atoms with van der Waals surface area (Å²) >= 11 is 0. The Hall–Kier alpha value is -2.36. The highest BCUT2D eigenvalue weighted by Crippen LogP contribution is 2.19. The Morgan fingerprint density at radius 3 is 2.81 bits per heavy atom. The topological polar surface area (TPSA) is 56.7 Å². The van der Waals surface area contributed by atoms with Gasteiger partial charge in [-0.15, -0.1) is 0 Å². The second kappa shape index (κ2) is 3.34. The van der Waals surface area contributed by atoms with Gasteiger partial charge in [0.05, 0.1) is 18.1 Å². The van der Waals surface area contributed by atoms with Gasteiger partial charge in [-0.1, -0.05) is 24.3 Å². The third kappa shape index (κ3) is 1.32. The molecule has 0 fully saturated rings. The molecule has 1 aromatic carbocycles. The Morgan fingerprint density at radius 2 is 2.00 bits per heavy atom. The highest BCUT2D eigenvalue weighted by Gasteiger charge is 2.04. The lowest BCUT2D eigenvalue weighted by atomic mass is 10.1. The maximum absolute atomic E-state index is 5.65. The number of fused-ring (bicyclic) bond motifs is 1. The first-order valence-electron chi connectivity index (χ1n) is 4.99. The van der Waals surface area contributed by atoms with Crippen molar-refractivity contribution in [2.45, 2.75) is 0 Å². The molecule has 4 nitrogen and oxygen atoms in total. The maximum atomic E-state index is 5.65. The molecular formula is C12H10N4. The van der Waals surface area contributed by atoms with Gasteiger partial charge in [-0.2, -0.15) is 5.10 Å². The first kappa shape index (κ1) is 8.91. The number of hydrogen-bond acceptors (Lipinski definition) is 3. The van der Waals surface area contributed by atoms with Crippen molar-refractivity contribution in [1.29, 1.82) is 0 Å². The van der Waals surface area contributed by atoms with Crippen LogP contribution in [0, 0.1) is 0 Å². The van der Waals surface area contributed by atoms with Crippen LogP contribution in [-0.4, -0.2) is 14.8 Å². The molecule has 0 aliphatic heterocycles. The molecule has 0 atom stereocenters. The molecule has 0 aliphatic carbocycles. The summed E-state index contributed by atoms with van der Waals surface area (Å²) in [5.41, 5.74) is 6.28. The molecule has 0 bridgehead atoms. The van der Waals surface area contributed by atoms with Gasteiger partial charge < -0.3 is 5.73 Å². The van der Waals surface area contributed by atoms with E-state index in [4.69, 9.17) is 5.73 Å². The van der Waals surface area contributed by atoms with Crippen molar-refractivity contribution in [3.63, 3.8) is 0 Å². The number of nitrogens with two attached hydrogens (primary N) is 1. The Labute approximate surface area is 92.3 Å². The van der Waals surface area contributed by atoms with Crippen LogP contribution >= 0.6 is 0 Å². The molecule has 0 saturated heterocycles. The highest BCUT2D eigenvalue weighted by atomic mass is 15.3. The van der Waals surface area contributed by atoms with Crippen LogP contribution in [-0.2, 0) is 0 Å². The second-order valence-corrected chi connectivity index (χ2v) is 3.57. The van der Waals surface area contributed by atoms with E-state index < -0.39 is 0 Å². The van der Waals surface area contributed by atoms with Gasteiger partial charge in [0.25, 0.3) is 0 Å². The SMILES string of the molecule is Nc1cnn(-c2nccc3ccccc23)c1. The highest BCUT2D eigenvalue weighted by molar-refractivity contribution is 5.88. The van der Waals surface area contributed by atoms with Crippen molar-refractivity contribution in [3.8, 4) is 5.82 Å². The largest absolute Gasteiger partial charge is 0.396 e. The molecule has 0 amide bonds. The fourth-order valence-electron chi connectivity index (χ4n) is 1.74. The van der Waals surface area contributed by atoms with Gasteiger partial charge in [-0.25, -0.2) is 9.67 Å². The third-order valence-corrected chi connectivity index (χ3v) is 2.47. The summed E-state index contributed by atoms with van der Waals surface area (Å²) in [6, 6.07) is 10.0. The number of aromatic nitrogens is 3. The van der Waals surface area contributed by atoms with Gasteiger partial charge in [-0.05, 0) is 11.5 Å². The van der Waals surface area contributed by atoms with Gasteiger partial charge >= 0.3 is 0 Å². The minimum absolute atomic E-state index is 0.634. The standard InChI is InChI=1S/C12H10N4/c13-10-7-15-16(8-10)12-11-4-2-1-3-9(11)5-6-14-12/h1-8H,13H2. The molecule has 16 heavy (non-hydrogen) atoms. The Balaban J connectivity index is 2.31. The van der Waals surface area contributed by atoms with Crippen LogP contribution in [0.25, 0.3) is 16.6 Å². The van der Waals surface area contributed by atoms with Crippen molar-refractivity contribution in [2.24, 2.45) is 0 Å². The van der Waals surface area contributed by atoms with Gasteiger partial charge in [0.2, 0.25) is 0 Å². The van der Waals surface area contributed by atoms with Crippen LogP contribution in [0.2, 0.25) is 0 Å². The molecule has 2 heterocycles. The minimum Gasteiger partial charge on any atom is -0.396 e. The normalized spacial score (nSPS) is 10.8. The van der Waals surface area contributed by atoms with Crippen LogP contribution in [0.15, 0.2) is 48.9 Å². The van der Waals surface area contributed by atoms with Gasteiger partial charge in [0.15, 0.2) is 5.82 Å². The van der Waals surface area contributed by atoms with Crippen LogP contribution in [0.3, 0.4) is 0 Å². The number of benzene rings is 1. The molecule has 3 aromatic rings. The summed E-state index contributed by atoms with van der Waals surface area (Å²) in [5.74, 6) is 0.801. The Kier molecular flexibility index (Phi) is 1.86. The molecule has 0 radical (unpaired) electrons. The lowest BCUT2D eigenvalue weighted by Crippen LogP contribution is -1.98. The van der Waals surface area contributed by atoms with E-state index in [-0.39, 0.29) is 0 Å². The zero-order chi connectivity index (χ0) is 11.0. The summed E-state index contributed by atoms with van der Waals surface area (Å²) in [5, 5.41) is 6.37. The van der Waals surface area contributed by atoms with E-state index in [1.807, 2.05) is 30.3 Å². The molecule has 0 unspecified atom stereocenters. The molecule has 0 spiro atoms. The molecule has 3 rings (SSSR count). The Bertz CT molecular complexity index is 637. The zero-order valence-electron chi connectivity index (χ0n) is 8.54. The van der Waals surface area contributed by atoms with E-state index >= 15 is 0 Å². The molecule has 2 N–H and O–H groups in total. The molecule has 0 aliphatic rings. The van der Waals surface area contributed by atoms with Crippen molar-refractivity contribution in [1.82, 2.24) is 14.8 Å². The second-order valence-electron chi connectivity index (χ2n) is 3.57. The molecule has 4 heteroatoms. The average molecular weight is 210 g/mol. The summed E-state index contributed by atoms with van der Waals surface area (Å²) in [4.78, 5) is 4.34. The number of anilines is 1. The predicted molar refractivity (Wildman–Crippen MR) is 63.3 cm³/mol. The lowest BCUT2D eigenvalue weighted by molar-refractivity contribution is 0.856. The Morgan fingerprint density at radius 1 is 1.12 bits per heavy atom. The minimum atomic E-state index is 0.634. The quantitative estimate of drug-likeness (QED) is 0.668. The first-order valence-corrected chi connectivity index (χ1v) is 4.99. The maximum Gasteiger partial charge on any atom is 0.161 e.